The summed E-state index contributed by atoms with van der Waals surface area (Å²) in [5, 5.41) is 3.07. The second-order valence-electron chi connectivity index (χ2n) is 8.52. The predicted octanol–water partition coefficient (Wildman–Crippen LogP) is 3.69. The molecule has 1 unspecified atom stereocenters. The molecule has 3 aliphatic heterocycles. The van der Waals surface area contributed by atoms with Gasteiger partial charge in [0.2, 0.25) is 5.91 Å². The molecule has 2 aromatic carbocycles. The molecular formula is C24H28N2O3. The molecule has 0 saturated carbocycles. The lowest BCUT2D eigenvalue weighted by molar-refractivity contribution is -0.136. The summed E-state index contributed by atoms with van der Waals surface area (Å²) in [4.78, 5) is 14.8. The Balaban J connectivity index is 1.18. The van der Waals surface area contributed by atoms with E-state index in [1.807, 2.05) is 24.3 Å². The van der Waals surface area contributed by atoms with Crippen LogP contribution in [-0.4, -0.2) is 37.0 Å². The molecule has 5 rings (SSSR count). The van der Waals surface area contributed by atoms with E-state index in [-0.39, 0.29) is 17.4 Å². The fourth-order valence-corrected chi connectivity index (χ4v) is 4.83. The van der Waals surface area contributed by atoms with E-state index in [2.05, 4.69) is 34.5 Å². The zero-order valence-electron chi connectivity index (χ0n) is 16.7. The number of likely N-dealkylation sites (tertiary alicyclic amines) is 1. The number of nitrogens with zero attached hydrogens (tertiary/aromatic N) is 1. The molecule has 2 saturated heterocycles. The average Bonchev–Trinajstić information content (AvgIpc) is 2.78. The van der Waals surface area contributed by atoms with Crippen LogP contribution in [0.1, 0.15) is 42.9 Å². The maximum atomic E-state index is 12.3. The molecule has 1 spiro atoms. The highest BCUT2D eigenvalue weighted by Crippen LogP contribution is 2.39. The first kappa shape index (κ1) is 18.5. The minimum absolute atomic E-state index is 0.0707. The third-order valence-corrected chi connectivity index (χ3v) is 6.68. The summed E-state index contributed by atoms with van der Waals surface area (Å²) in [5.41, 5.74) is 2.34. The molecule has 0 bridgehead atoms. The van der Waals surface area contributed by atoms with E-state index in [1.165, 1.54) is 5.56 Å². The first-order chi connectivity index (χ1) is 14.2. The average molecular weight is 392 g/mol. The lowest BCUT2D eigenvalue weighted by Crippen LogP contribution is -2.51. The van der Waals surface area contributed by atoms with Crippen molar-refractivity contribution in [3.63, 3.8) is 0 Å². The Bertz CT molecular complexity index is 872. The van der Waals surface area contributed by atoms with Gasteiger partial charge >= 0.3 is 0 Å². The predicted molar refractivity (Wildman–Crippen MR) is 111 cm³/mol. The number of amides is 1. The minimum atomic E-state index is -0.104. The number of carbonyl (C=O) groups excluding carboxylic acids is 1. The molecule has 0 radical (unpaired) electrons. The fraction of sp³-hybridized carbons (Fsp3) is 0.458. The van der Waals surface area contributed by atoms with Crippen LogP contribution in [0.5, 0.6) is 11.5 Å². The lowest BCUT2D eigenvalue weighted by atomic mass is 9.72. The summed E-state index contributed by atoms with van der Waals surface area (Å²) in [5.74, 6) is 1.90. The quantitative estimate of drug-likeness (QED) is 0.866. The van der Waals surface area contributed by atoms with Gasteiger partial charge in [-0.05, 0) is 62.0 Å². The molecule has 3 heterocycles. The fourth-order valence-electron chi connectivity index (χ4n) is 4.83. The molecule has 2 fully saturated rings. The van der Waals surface area contributed by atoms with Crippen molar-refractivity contribution >= 4 is 5.91 Å². The van der Waals surface area contributed by atoms with E-state index < -0.39 is 0 Å². The van der Waals surface area contributed by atoms with Crippen molar-refractivity contribution in [2.24, 2.45) is 5.41 Å². The van der Waals surface area contributed by atoms with Crippen molar-refractivity contribution in [1.29, 1.82) is 0 Å². The van der Waals surface area contributed by atoms with E-state index in [0.29, 0.717) is 6.61 Å². The largest absolute Gasteiger partial charge is 0.485 e. The Morgan fingerprint density at radius 2 is 1.76 bits per heavy atom. The Hall–Kier alpha value is -2.53. The number of hydrogen-bond donors (Lipinski definition) is 1. The molecule has 3 aliphatic rings. The number of rotatable bonds is 3. The number of carbonyl (C=O) groups is 1. The standard InChI is InChI=1S/C24H28N2O3/c27-23-24(10-3-13-25-23)11-14-26(15-12-24)16-18-6-8-19(9-7-18)22-17-28-20-4-1-2-5-21(20)29-22/h1-2,4-9,22H,3,10-17H2,(H,25,27). The summed E-state index contributed by atoms with van der Waals surface area (Å²) in [7, 11) is 0. The van der Waals surface area contributed by atoms with E-state index in [1.54, 1.807) is 0 Å². The second-order valence-corrected chi connectivity index (χ2v) is 8.52. The normalized spacial score (nSPS) is 23.6. The van der Waals surface area contributed by atoms with Gasteiger partial charge in [0, 0.05) is 13.1 Å². The highest BCUT2D eigenvalue weighted by Gasteiger charge is 2.42. The number of ether oxygens (including phenoxy) is 2. The van der Waals surface area contributed by atoms with E-state index >= 15 is 0 Å². The summed E-state index contributed by atoms with van der Waals surface area (Å²) in [6.07, 6.45) is 4.05. The monoisotopic (exact) mass is 392 g/mol. The number of nitrogens with one attached hydrogen (secondary N) is 1. The van der Waals surface area contributed by atoms with Gasteiger partial charge in [-0.15, -0.1) is 0 Å². The van der Waals surface area contributed by atoms with Crippen LogP contribution in [0.4, 0.5) is 0 Å². The van der Waals surface area contributed by atoms with Gasteiger partial charge in [-0.2, -0.15) is 0 Å². The molecular weight excluding hydrogens is 364 g/mol. The van der Waals surface area contributed by atoms with Crippen LogP contribution in [0.15, 0.2) is 48.5 Å². The van der Waals surface area contributed by atoms with Crippen LogP contribution in [-0.2, 0) is 11.3 Å². The van der Waals surface area contributed by atoms with Crippen molar-refractivity contribution in [3.05, 3.63) is 59.7 Å². The van der Waals surface area contributed by atoms with Crippen LogP contribution in [0.3, 0.4) is 0 Å². The summed E-state index contributed by atoms with van der Waals surface area (Å²) >= 11 is 0. The summed E-state index contributed by atoms with van der Waals surface area (Å²) in [6.45, 7) is 4.30. The maximum Gasteiger partial charge on any atom is 0.226 e. The smallest absolute Gasteiger partial charge is 0.226 e. The van der Waals surface area contributed by atoms with E-state index in [9.17, 15) is 4.79 Å². The molecule has 1 N–H and O–H groups in total. The third-order valence-electron chi connectivity index (χ3n) is 6.68. The van der Waals surface area contributed by atoms with Gasteiger partial charge in [0.15, 0.2) is 17.6 Å². The zero-order chi connectivity index (χ0) is 19.7. The lowest BCUT2D eigenvalue weighted by Gasteiger charge is -2.42. The number of para-hydroxylation sites is 2. The van der Waals surface area contributed by atoms with Crippen LogP contribution < -0.4 is 14.8 Å². The summed E-state index contributed by atoms with van der Waals surface area (Å²) < 4.78 is 11.9. The van der Waals surface area contributed by atoms with E-state index in [0.717, 1.165) is 68.9 Å². The van der Waals surface area contributed by atoms with Crippen molar-refractivity contribution in [1.82, 2.24) is 10.2 Å². The Kier molecular flexibility index (Phi) is 4.92. The molecule has 1 atom stereocenters. The minimum Gasteiger partial charge on any atom is -0.485 e. The third kappa shape index (κ3) is 3.71. The van der Waals surface area contributed by atoms with Crippen molar-refractivity contribution in [3.8, 4) is 11.5 Å². The SMILES string of the molecule is O=C1NCCCC12CCN(Cc1ccc(C3COc4ccccc4O3)cc1)CC2. The molecule has 152 valence electrons. The van der Waals surface area contributed by atoms with Crippen LogP contribution >= 0.6 is 0 Å². The van der Waals surface area contributed by atoms with Gasteiger partial charge in [-0.25, -0.2) is 0 Å². The van der Waals surface area contributed by atoms with Crippen molar-refractivity contribution < 1.29 is 14.3 Å². The van der Waals surface area contributed by atoms with E-state index in [4.69, 9.17) is 9.47 Å². The molecule has 0 aliphatic carbocycles. The van der Waals surface area contributed by atoms with Crippen LogP contribution in [0.2, 0.25) is 0 Å². The first-order valence-corrected chi connectivity index (χ1v) is 10.7. The van der Waals surface area contributed by atoms with Crippen molar-refractivity contribution in [2.75, 3.05) is 26.2 Å². The Morgan fingerprint density at radius 1 is 1.00 bits per heavy atom. The second kappa shape index (κ2) is 7.71. The van der Waals surface area contributed by atoms with Gasteiger partial charge < -0.3 is 14.8 Å². The van der Waals surface area contributed by atoms with Crippen LogP contribution in [0.25, 0.3) is 0 Å². The van der Waals surface area contributed by atoms with Gasteiger partial charge in [0.05, 0.1) is 5.41 Å². The topological polar surface area (TPSA) is 50.8 Å². The molecule has 5 heteroatoms. The molecule has 2 aromatic rings. The maximum absolute atomic E-state index is 12.3. The number of fused-ring (bicyclic) bond motifs is 1. The Labute approximate surface area is 172 Å². The Morgan fingerprint density at radius 3 is 2.52 bits per heavy atom. The van der Waals surface area contributed by atoms with Gasteiger partial charge in [-0.3, -0.25) is 9.69 Å². The first-order valence-electron chi connectivity index (χ1n) is 10.7. The number of hydrogen-bond acceptors (Lipinski definition) is 4. The van der Waals surface area contributed by atoms with Crippen molar-refractivity contribution in [2.45, 2.75) is 38.3 Å². The molecule has 1 amide bonds. The van der Waals surface area contributed by atoms with Gasteiger partial charge in [0.25, 0.3) is 0 Å². The van der Waals surface area contributed by atoms with Gasteiger partial charge in [-0.1, -0.05) is 36.4 Å². The molecule has 0 aromatic heterocycles. The number of benzene rings is 2. The highest BCUT2D eigenvalue weighted by atomic mass is 16.6. The highest BCUT2D eigenvalue weighted by molar-refractivity contribution is 5.83. The van der Waals surface area contributed by atoms with Crippen LogP contribution in [0, 0.1) is 5.41 Å². The number of piperidine rings is 2. The molecule has 5 nitrogen and oxygen atoms in total. The zero-order valence-corrected chi connectivity index (χ0v) is 16.7. The molecule has 29 heavy (non-hydrogen) atoms. The summed E-state index contributed by atoms with van der Waals surface area (Å²) in [6, 6.07) is 16.5. The van der Waals surface area contributed by atoms with Gasteiger partial charge in [0.1, 0.15) is 6.61 Å².